The number of para-hydroxylation sites is 1. The summed E-state index contributed by atoms with van der Waals surface area (Å²) in [5.74, 6) is 0.823. The van der Waals surface area contributed by atoms with Gasteiger partial charge in [-0.15, -0.1) is 0 Å². The van der Waals surface area contributed by atoms with E-state index in [0.717, 1.165) is 34.7 Å². The first-order valence-corrected chi connectivity index (χ1v) is 9.60. The average Bonchev–Trinajstić information content (AvgIpc) is 3.17. The van der Waals surface area contributed by atoms with Gasteiger partial charge in [-0.05, 0) is 62.6 Å². The van der Waals surface area contributed by atoms with E-state index in [0.29, 0.717) is 12.2 Å². The summed E-state index contributed by atoms with van der Waals surface area (Å²) < 4.78 is 7.87. The maximum absolute atomic E-state index is 12.6. The van der Waals surface area contributed by atoms with E-state index in [1.165, 1.54) is 0 Å². The summed E-state index contributed by atoms with van der Waals surface area (Å²) in [4.78, 5) is 12.6. The molecule has 3 rings (SSSR count). The van der Waals surface area contributed by atoms with Gasteiger partial charge >= 0.3 is 0 Å². The minimum atomic E-state index is -0.109. The Hall–Kier alpha value is -3.08. The fourth-order valence-corrected chi connectivity index (χ4v) is 3.26. The van der Waals surface area contributed by atoms with Gasteiger partial charge in [-0.3, -0.25) is 9.48 Å². The van der Waals surface area contributed by atoms with Crippen LogP contribution in [-0.2, 0) is 13.2 Å². The van der Waals surface area contributed by atoms with E-state index in [-0.39, 0.29) is 11.9 Å². The van der Waals surface area contributed by atoms with Crippen molar-refractivity contribution in [3.63, 3.8) is 0 Å². The van der Waals surface area contributed by atoms with Crippen molar-refractivity contribution < 1.29 is 9.53 Å². The lowest BCUT2D eigenvalue weighted by atomic mass is 10.1. The van der Waals surface area contributed by atoms with Crippen LogP contribution in [-0.4, -0.2) is 15.7 Å². The van der Waals surface area contributed by atoms with E-state index in [4.69, 9.17) is 4.74 Å². The zero-order valence-electron chi connectivity index (χ0n) is 16.9. The lowest BCUT2D eigenvalue weighted by Gasteiger charge is -2.16. The average molecular weight is 377 g/mol. The van der Waals surface area contributed by atoms with Crippen molar-refractivity contribution in [2.24, 2.45) is 0 Å². The molecule has 146 valence electrons. The summed E-state index contributed by atoms with van der Waals surface area (Å²) in [6.45, 7) is 9.33. The molecule has 3 aromatic rings. The van der Waals surface area contributed by atoms with E-state index >= 15 is 0 Å². The second kappa shape index (κ2) is 8.74. The first kappa shape index (κ1) is 19.7. The third kappa shape index (κ3) is 4.42. The third-order valence-electron chi connectivity index (χ3n) is 4.85. The van der Waals surface area contributed by atoms with Crippen LogP contribution in [0.4, 0.5) is 0 Å². The van der Waals surface area contributed by atoms with Crippen molar-refractivity contribution >= 4 is 5.91 Å². The number of benzene rings is 2. The highest BCUT2D eigenvalue weighted by Gasteiger charge is 2.14. The van der Waals surface area contributed by atoms with Gasteiger partial charge in [0.1, 0.15) is 12.4 Å². The largest absolute Gasteiger partial charge is 0.488 e. The number of aromatic nitrogens is 2. The lowest BCUT2D eigenvalue weighted by Crippen LogP contribution is -2.28. The molecule has 0 radical (unpaired) electrons. The summed E-state index contributed by atoms with van der Waals surface area (Å²) in [6.07, 6.45) is 1.76. The number of aryl methyl sites for hydroxylation is 3. The van der Waals surface area contributed by atoms with Gasteiger partial charge in [0, 0.05) is 18.3 Å². The summed E-state index contributed by atoms with van der Waals surface area (Å²) >= 11 is 0. The predicted octanol–water partition coefficient (Wildman–Crippen LogP) is 4.59. The minimum absolute atomic E-state index is 0.0985. The molecule has 0 aliphatic rings. The van der Waals surface area contributed by atoms with Crippen LogP contribution in [0, 0.1) is 13.8 Å². The van der Waals surface area contributed by atoms with Crippen LogP contribution >= 0.6 is 0 Å². The fraction of sp³-hybridized carbons (Fsp3) is 0.304. The zero-order chi connectivity index (χ0) is 20.1. The Morgan fingerprint density at radius 2 is 1.79 bits per heavy atom. The topological polar surface area (TPSA) is 56.2 Å². The molecule has 0 aliphatic heterocycles. The first-order chi connectivity index (χ1) is 13.5. The van der Waals surface area contributed by atoms with Gasteiger partial charge < -0.3 is 10.1 Å². The molecule has 28 heavy (non-hydrogen) atoms. The van der Waals surface area contributed by atoms with Gasteiger partial charge in [0.25, 0.3) is 5.91 Å². The predicted molar refractivity (Wildman–Crippen MR) is 110 cm³/mol. The SMILES string of the molecule is CCn1nccc1C(C)NC(=O)c1ccc(COc2c(C)cccc2C)cc1. The Balaban J connectivity index is 1.61. The molecule has 0 bridgehead atoms. The zero-order valence-corrected chi connectivity index (χ0v) is 16.9. The highest BCUT2D eigenvalue weighted by atomic mass is 16.5. The maximum atomic E-state index is 12.6. The van der Waals surface area contributed by atoms with Crippen LogP contribution in [0.2, 0.25) is 0 Å². The molecule has 1 amide bonds. The van der Waals surface area contributed by atoms with Crippen molar-refractivity contribution in [1.29, 1.82) is 0 Å². The number of nitrogens with one attached hydrogen (secondary N) is 1. The van der Waals surface area contributed by atoms with Crippen molar-refractivity contribution in [2.75, 3.05) is 0 Å². The Labute approximate surface area is 166 Å². The van der Waals surface area contributed by atoms with Gasteiger partial charge in [-0.2, -0.15) is 5.10 Å². The molecule has 2 aromatic carbocycles. The van der Waals surface area contributed by atoms with E-state index < -0.39 is 0 Å². The number of hydrogen-bond donors (Lipinski definition) is 1. The molecule has 5 heteroatoms. The van der Waals surface area contributed by atoms with Crippen molar-refractivity contribution in [3.05, 3.63) is 82.7 Å². The highest BCUT2D eigenvalue weighted by molar-refractivity contribution is 5.94. The van der Waals surface area contributed by atoms with Crippen LogP contribution in [0.3, 0.4) is 0 Å². The van der Waals surface area contributed by atoms with Crippen molar-refractivity contribution in [3.8, 4) is 5.75 Å². The molecule has 5 nitrogen and oxygen atoms in total. The summed E-state index contributed by atoms with van der Waals surface area (Å²) in [5, 5.41) is 7.29. The number of carbonyl (C=O) groups excluding carboxylic acids is 1. The molecule has 0 saturated carbocycles. The van der Waals surface area contributed by atoms with E-state index in [2.05, 4.69) is 10.4 Å². The molecule has 1 atom stereocenters. The summed E-state index contributed by atoms with van der Waals surface area (Å²) in [5.41, 5.74) is 4.89. The Morgan fingerprint density at radius 3 is 2.43 bits per heavy atom. The van der Waals surface area contributed by atoms with Gasteiger partial charge in [-0.1, -0.05) is 30.3 Å². The summed E-state index contributed by atoms with van der Waals surface area (Å²) in [6, 6.07) is 15.5. The molecule has 1 heterocycles. The quantitative estimate of drug-likeness (QED) is 0.655. The molecule has 1 N–H and O–H groups in total. The van der Waals surface area contributed by atoms with Crippen LogP contribution in [0.1, 0.15) is 52.6 Å². The van der Waals surface area contributed by atoms with Crippen LogP contribution in [0.15, 0.2) is 54.7 Å². The van der Waals surface area contributed by atoms with Crippen LogP contribution in [0.25, 0.3) is 0 Å². The normalized spacial score (nSPS) is 11.9. The van der Waals surface area contributed by atoms with E-state index in [1.54, 1.807) is 6.20 Å². The fourth-order valence-electron chi connectivity index (χ4n) is 3.26. The molecule has 0 saturated heterocycles. The van der Waals surface area contributed by atoms with E-state index in [9.17, 15) is 4.79 Å². The molecule has 0 spiro atoms. The second-order valence-electron chi connectivity index (χ2n) is 6.97. The van der Waals surface area contributed by atoms with Crippen LogP contribution < -0.4 is 10.1 Å². The monoisotopic (exact) mass is 377 g/mol. The number of rotatable bonds is 7. The first-order valence-electron chi connectivity index (χ1n) is 9.60. The Morgan fingerprint density at radius 1 is 1.11 bits per heavy atom. The maximum Gasteiger partial charge on any atom is 0.251 e. The van der Waals surface area contributed by atoms with Gasteiger partial charge in [0.15, 0.2) is 0 Å². The molecule has 0 aliphatic carbocycles. The standard InChI is InChI=1S/C23H27N3O2/c1-5-26-21(13-14-24-26)18(4)25-23(27)20-11-9-19(10-12-20)15-28-22-16(2)7-6-8-17(22)3/h6-14,18H,5,15H2,1-4H3,(H,25,27). The van der Waals surface area contributed by atoms with Crippen molar-refractivity contribution in [2.45, 2.75) is 46.9 Å². The Bertz CT molecular complexity index is 924. The van der Waals surface area contributed by atoms with Crippen molar-refractivity contribution in [1.82, 2.24) is 15.1 Å². The molecular weight excluding hydrogens is 350 g/mol. The molecule has 0 fully saturated rings. The van der Waals surface area contributed by atoms with Gasteiger partial charge in [-0.25, -0.2) is 0 Å². The number of ether oxygens (including phenoxy) is 1. The highest BCUT2D eigenvalue weighted by Crippen LogP contribution is 2.23. The number of amides is 1. The number of hydrogen-bond acceptors (Lipinski definition) is 3. The molecule has 1 unspecified atom stereocenters. The smallest absolute Gasteiger partial charge is 0.251 e. The van der Waals surface area contributed by atoms with Gasteiger partial charge in [0.05, 0.1) is 11.7 Å². The number of carbonyl (C=O) groups is 1. The van der Waals surface area contributed by atoms with Gasteiger partial charge in [0.2, 0.25) is 0 Å². The molecule has 1 aromatic heterocycles. The molecular formula is C23H27N3O2. The minimum Gasteiger partial charge on any atom is -0.488 e. The second-order valence-corrected chi connectivity index (χ2v) is 6.97. The Kier molecular flexibility index (Phi) is 6.14. The number of nitrogens with zero attached hydrogens (tertiary/aromatic N) is 2. The van der Waals surface area contributed by atoms with E-state index in [1.807, 2.05) is 80.9 Å². The third-order valence-corrected chi connectivity index (χ3v) is 4.85. The van der Waals surface area contributed by atoms with Crippen LogP contribution in [0.5, 0.6) is 5.75 Å². The summed E-state index contributed by atoms with van der Waals surface area (Å²) in [7, 11) is 0. The lowest BCUT2D eigenvalue weighted by molar-refractivity contribution is 0.0938.